The Morgan fingerprint density at radius 2 is 1.74 bits per heavy atom. The van der Waals surface area contributed by atoms with E-state index in [9.17, 15) is 26.8 Å². The number of amides is 2. The lowest BCUT2D eigenvalue weighted by molar-refractivity contribution is -0.116. The molecule has 0 radical (unpaired) electrons. The van der Waals surface area contributed by atoms with Crippen LogP contribution in [0.2, 0.25) is 0 Å². The van der Waals surface area contributed by atoms with E-state index >= 15 is 0 Å². The Hall–Kier alpha value is -2.85. The van der Waals surface area contributed by atoms with Gasteiger partial charge < -0.3 is 10.6 Å². The van der Waals surface area contributed by atoms with Gasteiger partial charge in [0.1, 0.15) is 11.6 Å². The molecular weight excluding hydrogens is 428 g/mol. The summed E-state index contributed by atoms with van der Waals surface area (Å²) in [6.07, 6.45) is 2.54. The number of sulfonamides is 1. The molecule has 1 heterocycles. The van der Waals surface area contributed by atoms with E-state index in [4.69, 9.17) is 0 Å². The SMILES string of the molecule is O=C(CCNC(=O)c1ccc(F)cc1F)Nc1cccc(S(=O)(=O)N2CCCCC2)c1. The van der Waals surface area contributed by atoms with E-state index in [2.05, 4.69) is 10.6 Å². The van der Waals surface area contributed by atoms with Crippen molar-refractivity contribution in [2.45, 2.75) is 30.6 Å². The van der Waals surface area contributed by atoms with Gasteiger partial charge in [0, 0.05) is 37.8 Å². The molecule has 0 saturated carbocycles. The lowest BCUT2D eigenvalue weighted by atomic mass is 10.2. The van der Waals surface area contributed by atoms with Crippen LogP contribution in [-0.2, 0) is 14.8 Å². The first kappa shape index (κ1) is 22.8. The molecule has 7 nitrogen and oxygen atoms in total. The summed E-state index contributed by atoms with van der Waals surface area (Å²) in [5.41, 5.74) is -0.00332. The second-order valence-electron chi connectivity index (χ2n) is 7.17. The molecule has 0 unspecified atom stereocenters. The van der Waals surface area contributed by atoms with Crippen LogP contribution in [0.15, 0.2) is 47.4 Å². The molecule has 3 rings (SSSR count). The van der Waals surface area contributed by atoms with Crippen LogP contribution in [0, 0.1) is 11.6 Å². The van der Waals surface area contributed by atoms with Crippen LogP contribution in [0.5, 0.6) is 0 Å². The van der Waals surface area contributed by atoms with Crippen molar-refractivity contribution in [1.29, 1.82) is 0 Å². The van der Waals surface area contributed by atoms with Gasteiger partial charge in [-0.3, -0.25) is 9.59 Å². The number of rotatable bonds is 7. The maximum Gasteiger partial charge on any atom is 0.254 e. The fourth-order valence-corrected chi connectivity index (χ4v) is 4.83. The number of hydrogen-bond donors (Lipinski definition) is 2. The van der Waals surface area contributed by atoms with Gasteiger partial charge in [0.15, 0.2) is 0 Å². The monoisotopic (exact) mass is 451 g/mol. The lowest BCUT2D eigenvalue weighted by Crippen LogP contribution is -2.35. The molecule has 0 aliphatic carbocycles. The summed E-state index contributed by atoms with van der Waals surface area (Å²) in [6, 6.07) is 8.59. The van der Waals surface area contributed by atoms with Crippen molar-refractivity contribution in [3.63, 3.8) is 0 Å². The summed E-state index contributed by atoms with van der Waals surface area (Å²) in [5.74, 6) is -3.00. The highest BCUT2D eigenvalue weighted by Gasteiger charge is 2.26. The van der Waals surface area contributed by atoms with Crippen LogP contribution in [0.4, 0.5) is 14.5 Å². The summed E-state index contributed by atoms with van der Waals surface area (Å²) in [6.45, 7) is 0.883. The van der Waals surface area contributed by atoms with Crippen molar-refractivity contribution in [2.24, 2.45) is 0 Å². The molecule has 2 amide bonds. The first-order valence-corrected chi connectivity index (χ1v) is 11.3. The minimum Gasteiger partial charge on any atom is -0.351 e. The van der Waals surface area contributed by atoms with E-state index in [0.717, 1.165) is 31.4 Å². The third-order valence-corrected chi connectivity index (χ3v) is 6.78. The molecule has 0 atom stereocenters. The zero-order valence-corrected chi connectivity index (χ0v) is 17.6. The topological polar surface area (TPSA) is 95.6 Å². The second kappa shape index (κ2) is 9.97. The predicted molar refractivity (Wildman–Crippen MR) is 111 cm³/mol. The minimum atomic E-state index is -3.62. The van der Waals surface area contributed by atoms with Gasteiger partial charge >= 0.3 is 0 Å². The zero-order valence-electron chi connectivity index (χ0n) is 16.7. The Kier molecular flexibility index (Phi) is 7.34. The number of nitrogens with one attached hydrogen (secondary N) is 2. The van der Waals surface area contributed by atoms with Crippen molar-refractivity contribution in [1.82, 2.24) is 9.62 Å². The molecule has 2 aromatic rings. The second-order valence-corrected chi connectivity index (χ2v) is 9.11. The van der Waals surface area contributed by atoms with Crippen LogP contribution in [-0.4, -0.2) is 44.2 Å². The van der Waals surface area contributed by atoms with Crippen LogP contribution in [0.3, 0.4) is 0 Å². The van der Waals surface area contributed by atoms with Crippen molar-refractivity contribution in [3.8, 4) is 0 Å². The van der Waals surface area contributed by atoms with Gasteiger partial charge in [-0.1, -0.05) is 12.5 Å². The van der Waals surface area contributed by atoms with Gasteiger partial charge in [-0.25, -0.2) is 17.2 Å². The molecule has 1 aliphatic heterocycles. The molecule has 0 spiro atoms. The third-order valence-electron chi connectivity index (χ3n) is 4.88. The summed E-state index contributed by atoms with van der Waals surface area (Å²) < 4.78 is 53.5. The Labute approximate surface area is 179 Å². The van der Waals surface area contributed by atoms with Gasteiger partial charge in [0.25, 0.3) is 5.91 Å². The van der Waals surface area contributed by atoms with E-state index in [1.54, 1.807) is 12.1 Å². The molecular formula is C21H23F2N3O4S. The van der Waals surface area contributed by atoms with E-state index in [1.807, 2.05) is 0 Å². The van der Waals surface area contributed by atoms with E-state index in [0.29, 0.717) is 24.8 Å². The van der Waals surface area contributed by atoms with Gasteiger partial charge in [-0.05, 0) is 43.2 Å². The summed E-state index contributed by atoms with van der Waals surface area (Å²) in [7, 11) is -3.62. The molecule has 1 fully saturated rings. The Bertz CT molecular complexity index is 1070. The summed E-state index contributed by atoms with van der Waals surface area (Å²) in [5, 5.41) is 4.98. The highest BCUT2D eigenvalue weighted by Crippen LogP contribution is 2.23. The highest BCUT2D eigenvalue weighted by atomic mass is 32.2. The van der Waals surface area contributed by atoms with Crippen LogP contribution >= 0.6 is 0 Å². The maximum absolute atomic E-state index is 13.6. The number of nitrogens with zero attached hydrogens (tertiary/aromatic N) is 1. The largest absolute Gasteiger partial charge is 0.351 e. The number of benzene rings is 2. The molecule has 31 heavy (non-hydrogen) atoms. The van der Waals surface area contributed by atoms with E-state index in [1.165, 1.54) is 16.4 Å². The van der Waals surface area contributed by atoms with Crippen LogP contribution < -0.4 is 10.6 Å². The molecule has 1 saturated heterocycles. The van der Waals surface area contributed by atoms with Crippen LogP contribution in [0.1, 0.15) is 36.0 Å². The van der Waals surface area contributed by atoms with Gasteiger partial charge in [0.05, 0.1) is 10.5 Å². The Morgan fingerprint density at radius 3 is 2.45 bits per heavy atom. The quantitative estimate of drug-likeness (QED) is 0.677. The van der Waals surface area contributed by atoms with Crippen molar-refractivity contribution in [2.75, 3.05) is 25.0 Å². The van der Waals surface area contributed by atoms with Crippen molar-refractivity contribution >= 4 is 27.5 Å². The van der Waals surface area contributed by atoms with Gasteiger partial charge in [-0.15, -0.1) is 0 Å². The fourth-order valence-electron chi connectivity index (χ4n) is 3.27. The third kappa shape index (κ3) is 5.86. The summed E-state index contributed by atoms with van der Waals surface area (Å²) >= 11 is 0. The molecule has 2 N–H and O–H groups in total. The number of carbonyl (C=O) groups is 2. The number of piperidine rings is 1. The molecule has 0 bridgehead atoms. The van der Waals surface area contributed by atoms with Crippen molar-refractivity contribution in [3.05, 3.63) is 59.7 Å². The Balaban J connectivity index is 1.55. The number of hydrogen-bond acceptors (Lipinski definition) is 4. The molecule has 166 valence electrons. The zero-order chi connectivity index (χ0) is 22.4. The predicted octanol–water partition coefficient (Wildman–Crippen LogP) is 2.90. The van der Waals surface area contributed by atoms with E-state index in [-0.39, 0.29) is 23.4 Å². The number of carbonyl (C=O) groups excluding carboxylic acids is 2. The van der Waals surface area contributed by atoms with Crippen molar-refractivity contribution < 1.29 is 26.8 Å². The average Bonchev–Trinajstić information content (AvgIpc) is 2.74. The minimum absolute atomic E-state index is 0.0761. The standard InChI is InChI=1S/C21H23F2N3O4S/c22-15-7-8-18(19(23)13-15)21(28)24-10-9-20(27)25-16-5-4-6-17(14-16)31(29,30)26-11-2-1-3-12-26/h4-8,13-14H,1-3,9-12H2,(H,24,28)(H,25,27). The van der Waals surface area contributed by atoms with Gasteiger partial charge in [-0.2, -0.15) is 4.31 Å². The highest BCUT2D eigenvalue weighted by molar-refractivity contribution is 7.89. The van der Waals surface area contributed by atoms with Crippen LogP contribution in [0.25, 0.3) is 0 Å². The molecule has 0 aromatic heterocycles. The first-order chi connectivity index (χ1) is 14.8. The van der Waals surface area contributed by atoms with E-state index < -0.39 is 33.5 Å². The summed E-state index contributed by atoms with van der Waals surface area (Å²) in [4.78, 5) is 24.2. The smallest absolute Gasteiger partial charge is 0.254 e. The number of halogens is 2. The number of anilines is 1. The average molecular weight is 451 g/mol. The lowest BCUT2D eigenvalue weighted by Gasteiger charge is -2.26. The maximum atomic E-state index is 13.6. The first-order valence-electron chi connectivity index (χ1n) is 9.91. The molecule has 2 aromatic carbocycles. The molecule has 10 heteroatoms. The fraction of sp³-hybridized carbons (Fsp3) is 0.333. The Morgan fingerprint density at radius 1 is 1.00 bits per heavy atom. The molecule has 1 aliphatic rings. The van der Waals surface area contributed by atoms with Gasteiger partial charge in [0.2, 0.25) is 15.9 Å². The normalized spacial score (nSPS) is 14.8.